The fourth-order valence-corrected chi connectivity index (χ4v) is 3.24. The molecule has 1 aliphatic rings. The Hall–Kier alpha value is -0.620. The minimum Gasteiger partial charge on any atom is -0.376 e. The summed E-state index contributed by atoms with van der Waals surface area (Å²) in [5, 5.41) is 5.12. The van der Waals surface area contributed by atoms with E-state index in [0.717, 1.165) is 25.7 Å². The number of amides is 1. The Bertz CT molecular complexity index is 417. The molecule has 3 N–H and O–H groups in total. The molecule has 1 heterocycles. The number of nitrogens with one attached hydrogen (secondary N) is 1. The lowest BCUT2D eigenvalue weighted by molar-refractivity contribution is 0.0268. The molecule has 2 rings (SSSR count). The van der Waals surface area contributed by atoms with Gasteiger partial charge in [0.15, 0.2) is 0 Å². The molecule has 19 heavy (non-hydrogen) atoms. The van der Waals surface area contributed by atoms with E-state index < -0.39 is 0 Å². The average Bonchev–Trinajstić information content (AvgIpc) is 2.83. The van der Waals surface area contributed by atoms with Crippen molar-refractivity contribution in [1.29, 1.82) is 0 Å². The highest BCUT2D eigenvalue weighted by Gasteiger charge is 2.18. The molecule has 6 heteroatoms. The second-order valence-electron chi connectivity index (χ2n) is 4.76. The van der Waals surface area contributed by atoms with E-state index in [0.29, 0.717) is 35.2 Å². The van der Waals surface area contributed by atoms with Crippen LogP contribution in [0.25, 0.3) is 0 Å². The molecule has 1 saturated carbocycles. The Labute approximate surface area is 122 Å². The van der Waals surface area contributed by atoms with E-state index in [1.54, 1.807) is 11.4 Å². The lowest BCUT2D eigenvalue weighted by Crippen LogP contribution is -2.32. The molecule has 4 nitrogen and oxygen atoms in total. The van der Waals surface area contributed by atoms with Crippen molar-refractivity contribution >= 4 is 28.8 Å². The molecule has 0 saturated heterocycles. The molecular formula is C13H19ClN2O2S. The van der Waals surface area contributed by atoms with Crippen molar-refractivity contribution in [2.75, 3.05) is 13.2 Å². The van der Waals surface area contributed by atoms with E-state index in [2.05, 4.69) is 5.32 Å². The van der Waals surface area contributed by atoms with E-state index in [9.17, 15) is 4.79 Å². The van der Waals surface area contributed by atoms with Crippen LogP contribution in [0.5, 0.6) is 0 Å². The second kappa shape index (κ2) is 7.24. The number of hydrogen-bond acceptors (Lipinski definition) is 4. The molecule has 0 radical (unpaired) electrons. The smallest absolute Gasteiger partial charge is 0.262 e. The van der Waals surface area contributed by atoms with Crippen LogP contribution in [0.4, 0.5) is 0 Å². The van der Waals surface area contributed by atoms with Crippen molar-refractivity contribution < 1.29 is 9.53 Å². The molecule has 1 aromatic rings. The Morgan fingerprint density at radius 3 is 2.84 bits per heavy atom. The van der Waals surface area contributed by atoms with Gasteiger partial charge in [0, 0.05) is 12.6 Å². The van der Waals surface area contributed by atoms with Crippen LogP contribution in [0.1, 0.15) is 35.4 Å². The molecule has 1 aromatic heterocycles. The van der Waals surface area contributed by atoms with Gasteiger partial charge in [-0.3, -0.25) is 4.79 Å². The summed E-state index contributed by atoms with van der Waals surface area (Å²) >= 11 is 7.23. The van der Waals surface area contributed by atoms with E-state index in [-0.39, 0.29) is 5.91 Å². The van der Waals surface area contributed by atoms with E-state index >= 15 is 0 Å². The lowest BCUT2D eigenvalue weighted by Gasteiger charge is -2.26. The number of ether oxygens (including phenoxy) is 1. The standard InChI is InChI=1S/C13H19ClN2O2S/c14-11-5-8-19-12(11)13(17)16-6-7-18-10-3-1-9(15)2-4-10/h5,8-10H,1-4,6-7,15H2,(H,16,17). The average molecular weight is 303 g/mol. The molecule has 0 aliphatic heterocycles. The number of halogens is 1. The summed E-state index contributed by atoms with van der Waals surface area (Å²) in [4.78, 5) is 12.3. The molecule has 1 amide bonds. The zero-order valence-electron chi connectivity index (χ0n) is 10.7. The highest BCUT2D eigenvalue weighted by Crippen LogP contribution is 2.21. The number of carbonyl (C=O) groups is 1. The first-order chi connectivity index (χ1) is 9.16. The summed E-state index contributed by atoms with van der Waals surface area (Å²) in [6, 6.07) is 2.06. The molecular weight excluding hydrogens is 284 g/mol. The predicted octanol–water partition coefficient (Wildman–Crippen LogP) is 2.42. The van der Waals surface area contributed by atoms with Gasteiger partial charge in [0.1, 0.15) is 4.88 Å². The quantitative estimate of drug-likeness (QED) is 0.821. The molecule has 0 spiro atoms. The van der Waals surface area contributed by atoms with Crippen LogP contribution in [0.3, 0.4) is 0 Å². The van der Waals surface area contributed by atoms with Crippen LogP contribution in [-0.2, 0) is 4.74 Å². The van der Waals surface area contributed by atoms with Crippen LogP contribution in [0.2, 0.25) is 5.02 Å². The molecule has 1 aliphatic carbocycles. The van der Waals surface area contributed by atoms with Crippen molar-refractivity contribution in [3.8, 4) is 0 Å². The molecule has 106 valence electrons. The summed E-state index contributed by atoms with van der Waals surface area (Å²) in [6.07, 6.45) is 4.39. The third-order valence-electron chi connectivity index (χ3n) is 3.28. The van der Waals surface area contributed by atoms with Gasteiger partial charge >= 0.3 is 0 Å². The van der Waals surface area contributed by atoms with Crippen molar-refractivity contribution in [3.63, 3.8) is 0 Å². The number of rotatable bonds is 5. The first-order valence-electron chi connectivity index (χ1n) is 6.55. The number of nitrogens with two attached hydrogens (primary N) is 1. The van der Waals surface area contributed by atoms with Crippen LogP contribution < -0.4 is 11.1 Å². The molecule has 0 bridgehead atoms. The van der Waals surface area contributed by atoms with Crippen molar-refractivity contribution in [2.45, 2.75) is 37.8 Å². The summed E-state index contributed by atoms with van der Waals surface area (Å²) in [5.41, 5.74) is 5.84. The van der Waals surface area contributed by atoms with E-state index in [1.165, 1.54) is 11.3 Å². The summed E-state index contributed by atoms with van der Waals surface area (Å²) < 4.78 is 5.73. The first kappa shape index (κ1) is 14.8. The normalized spacial score (nSPS) is 23.3. The minimum atomic E-state index is -0.130. The first-order valence-corrected chi connectivity index (χ1v) is 7.81. The van der Waals surface area contributed by atoms with Gasteiger partial charge in [-0.25, -0.2) is 0 Å². The van der Waals surface area contributed by atoms with Gasteiger partial charge in [-0.15, -0.1) is 11.3 Å². The monoisotopic (exact) mass is 302 g/mol. The maximum atomic E-state index is 11.8. The van der Waals surface area contributed by atoms with Crippen molar-refractivity contribution in [3.05, 3.63) is 21.3 Å². The van der Waals surface area contributed by atoms with Gasteiger partial charge in [0.25, 0.3) is 5.91 Å². The summed E-state index contributed by atoms with van der Waals surface area (Å²) in [6.45, 7) is 1.05. The Kier molecular flexibility index (Phi) is 5.63. The maximum absolute atomic E-state index is 11.8. The van der Waals surface area contributed by atoms with Crippen molar-refractivity contribution in [2.24, 2.45) is 5.73 Å². The minimum absolute atomic E-state index is 0.130. The Morgan fingerprint density at radius 1 is 1.47 bits per heavy atom. The lowest BCUT2D eigenvalue weighted by atomic mass is 9.94. The van der Waals surface area contributed by atoms with Gasteiger partial charge < -0.3 is 15.8 Å². The van der Waals surface area contributed by atoms with Gasteiger partial charge in [-0.2, -0.15) is 0 Å². The molecule has 0 atom stereocenters. The highest BCUT2D eigenvalue weighted by atomic mass is 35.5. The second-order valence-corrected chi connectivity index (χ2v) is 6.08. The number of carbonyl (C=O) groups excluding carboxylic acids is 1. The number of thiophene rings is 1. The Balaban J connectivity index is 1.62. The van der Waals surface area contributed by atoms with Gasteiger partial charge in [-0.05, 0) is 37.1 Å². The van der Waals surface area contributed by atoms with Crippen LogP contribution >= 0.6 is 22.9 Å². The third-order valence-corrected chi connectivity index (χ3v) is 4.62. The fraction of sp³-hybridized carbons (Fsp3) is 0.615. The predicted molar refractivity (Wildman–Crippen MR) is 77.8 cm³/mol. The third kappa shape index (κ3) is 4.45. The largest absolute Gasteiger partial charge is 0.376 e. The van der Waals surface area contributed by atoms with Crippen LogP contribution in [0, 0.1) is 0 Å². The van der Waals surface area contributed by atoms with Crippen LogP contribution in [-0.4, -0.2) is 31.2 Å². The van der Waals surface area contributed by atoms with Gasteiger partial charge in [0.05, 0.1) is 17.7 Å². The summed E-state index contributed by atoms with van der Waals surface area (Å²) in [5.74, 6) is -0.130. The Morgan fingerprint density at radius 2 is 2.21 bits per heavy atom. The number of hydrogen-bond donors (Lipinski definition) is 2. The molecule has 1 fully saturated rings. The zero-order chi connectivity index (χ0) is 13.7. The maximum Gasteiger partial charge on any atom is 0.262 e. The molecule has 0 aromatic carbocycles. The van der Waals surface area contributed by atoms with E-state index in [1.807, 2.05) is 0 Å². The zero-order valence-corrected chi connectivity index (χ0v) is 12.3. The van der Waals surface area contributed by atoms with E-state index in [4.69, 9.17) is 22.1 Å². The topological polar surface area (TPSA) is 64.3 Å². The SMILES string of the molecule is NC1CCC(OCCNC(=O)c2sccc2Cl)CC1. The highest BCUT2D eigenvalue weighted by molar-refractivity contribution is 7.12. The summed E-state index contributed by atoms with van der Waals surface area (Å²) in [7, 11) is 0. The van der Waals surface area contributed by atoms with Gasteiger partial charge in [0.2, 0.25) is 0 Å². The molecule has 0 unspecified atom stereocenters. The fourth-order valence-electron chi connectivity index (χ4n) is 2.18. The van der Waals surface area contributed by atoms with Crippen molar-refractivity contribution in [1.82, 2.24) is 5.32 Å². The van der Waals surface area contributed by atoms with Crippen LogP contribution in [0.15, 0.2) is 11.4 Å². The van der Waals surface area contributed by atoms with Gasteiger partial charge in [-0.1, -0.05) is 11.6 Å².